The molecule has 0 radical (unpaired) electrons. The summed E-state index contributed by atoms with van der Waals surface area (Å²) in [7, 11) is 0. The lowest BCUT2D eigenvalue weighted by Crippen LogP contribution is -2.36. The predicted molar refractivity (Wildman–Crippen MR) is 111 cm³/mol. The summed E-state index contributed by atoms with van der Waals surface area (Å²) >= 11 is 1.36. The average Bonchev–Trinajstić information content (AvgIpc) is 3.53. The quantitative estimate of drug-likeness (QED) is 0.549. The monoisotopic (exact) mass is 466 g/mol. The number of amidine groups is 1. The summed E-state index contributed by atoms with van der Waals surface area (Å²) in [5.74, 6) is -0.665. The standard InChI is InChI=1S/C20H15F5N6S/c21-8-19(11-6-14(11)32-18(26)31-19)10-5-9(1-2-12(10)22)29-17-16-13(3-4-27-17)30-15(7-28-16)20(23,24)25/h1-5,7,11,14H,6,8H2,(H2,26,31)(H,27,29)/t11-,14+,19-/m1/s1. The lowest BCUT2D eigenvalue weighted by atomic mass is 9.86. The van der Waals surface area contributed by atoms with Crippen molar-refractivity contribution in [3.8, 4) is 0 Å². The maximum atomic E-state index is 14.8. The minimum Gasteiger partial charge on any atom is -0.379 e. The van der Waals surface area contributed by atoms with Gasteiger partial charge in [-0.1, -0.05) is 11.8 Å². The van der Waals surface area contributed by atoms with Gasteiger partial charge in [-0.3, -0.25) is 0 Å². The first-order chi connectivity index (χ1) is 15.2. The summed E-state index contributed by atoms with van der Waals surface area (Å²) in [5.41, 5.74) is 3.83. The van der Waals surface area contributed by atoms with Crippen molar-refractivity contribution >= 4 is 39.5 Å². The Morgan fingerprint density at radius 2 is 2.03 bits per heavy atom. The van der Waals surface area contributed by atoms with Crippen LogP contribution in [-0.2, 0) is 11.7 Å². The summed E-state index contributed by atoms with van der Waals surface area (Å²) in [6.07, 6.45) is -2.05. The third-order valence-corrected chi connectivity index (χ3v) is 6.73. The van der Waals surface area contributed by atoms with Crippen LogP contribution in [0.2, 0.25) is 0 Å². The molecule has 1 saturated carbocycles. The molecule has 5 rings (SSSR count). The first kappa shape index (κ1) is 20.9. The Morgan fingerprint density at radius 3 is 2.78 bits per heavy atom. The number of thioether (sulfide) groups is 1. The maximum absolute atomic E-state index is 14.8. The molecule has 1 aliphatic heterocycles. The van der Waals surface area contributed by atoms with E-state index in [0.29, 0.717) is 18.3 Å². The molecule has 1 aromatic carbocycles. The Kier molecular flexibility index (Phi) is 4.73. The van der Waals surface area contributed by atoms with Gasteiger partial charge in [0.05, 0.1) is 11.7 Å². The van der Waals surface area contributed by atoms with Crippen LogP contribution in [-0.4, -0.2) is 32.0 Å². The Morgan fingerprint density at radius 1 is 1.22 bits per heavy atom. The van der Waals surface area contributed by atoms with Crippen molar-refractivity contribution < 1.29 is 22.0 Å². The lowest BCUT2D eigenvalue weighted by molar-refractivity contribution is -0.141. The molecule has 0 spiro atoms. The van der Waals surface area contributed by atoms with E-state index in [9.17, 15) is 22.0 Å². The smallest absolute Gasteiger partial charge is 0.379 e. The number of nitrogens with one attached hydrogen (secondary N) is 1. The van der Waals surface area contributed by atoms with E-state index in [4.69, 9.17) is 5.73 Å². The Hall–Kier alpha value is -3.02. The van der Waals surface area contributed by atoms with Crippen LogP contribution in [0.1, 0.15) is 17.7 Å². The lowest BCUT2D eigenvalue weighted by Gasteiger charge is -2.31. The van der Waals surface area contributed by atoms with Crippen molar-refractivity contribution in [3.63, 3.8) is 0 Å². The normalized spacial score (nSPS) is 24.7. The highest BCUT2D eigenvalue weighted by Crippen LogP contribution is 2.58. The van der Waals surface area contributed by atoms with Crippen LogP contribution < -0.4 is 11.1 Å². The molecule has 3 heterocycles. The van der Waals surface area contributed by atoms with Gasteiger partial charge in [0, 0.05) is 28.6 Å². The second kappa shape index (κ2) is 7.26. The van der Waals surface area contributed by atoms with Crippen LogP contribution in [0.5, 0.6) is 0 Å². The van der Waals surface area contributed by atoms with Gasteiger partial charge >= 0.3 is 6.18 Å². The molecule has 0 amide bonds. The average molecular weight is 466 g/mol. The first-order valence-corrected chi connectivity index (χ1v) is 10.4. The van der Waals surface area contributed by atoms with E-state index in [1.165, 1.54) is 42.2 Å². The summed E-state index contributed by atoms with van der Waals surface area (Å²) in [6.45, 7) is -0.909. The van der Waals surface area contributed by atoms with Crippen LogP contribution in [0.4, 0.5) is 33.5 Å². The van der Waals surface area contributed by atoms with Gasteiger partial charge in [0.2, 0.25) is 0 Å². The van der Waals surface area contributed by atoms with Crippen LogP contribution >= 0.6 is 11.8 Å². The second-order valence-corrected chi connectivity index (χ2v) is 8.87. The minimum absolute atomic E-state index is 0.0117. The summed E-state index contributed by atoms with van der Waals surface area (Å²) in [4.78, 5) is 15.8. The van der Waals surface area contributed by atoms with Crippen LogP contribution in [0.25, 0.3) is 11.0 Å². The molecule has 3 N–H and O–H groups in total. The zero-order valence-electron chi connectivity index (χ0n) is 16.2. The molecule has 32 heavy (non-hydrogen) atoms. The Bertz CT molecular complexity index is 1250. The maximum Gasteiger partial charge on any atom is 0.434 e. The van der Waals surface area contributed by atoms with E-state index >= 15 is 0 Å². The van der Waals surface area contributed by atoms with Crippen molar-refractivity contribution in [2.75, 3.05) is 12.0 Å². The number of hydrogen-bond acceptors (Lipinski definition) is 7. The highest BCUT2D eigenvalue weighted by atomic mass is 32.2. The number of nitrogens with two attached hydrogens (primary N) is 1. The van der Waals surface area contributed by atoms with Crippen molar-refractivity contribution in [3.05, 3.63) is 53.7 Å². The van der Waals surface area contributed by atoms with E-state index in [1.807, 2.05) is 0 Å². The molecule has 1 fully saturated rings. The zero-order chi connectivity index (χ0) is 22.7. The molecule has 12 heteroatoms. The Balaban J connectivity index is 1.54. The number of aliphatic imine (C=N–C) groups is 1. The number of rotatable bonds is 4. The van der Waals surface area contributed by atoms with Gasteiger partial charge in [0.1, 0.15) is 23.5 Å². The van der Waals surface area contributed by atoms with Crippen molar-refractivity contribution in [2.24, 2.45) is 16.6 Å². The summed E-state index contributed by atoms with van der Waals surface area (Å²) < 4.78 is 67.9. The molecule has 166 valence electrons. The molecular weight excluding hydrogens is 451 g/mol. The number of alkyl halides is 4. The predicted octanol–water partition coefficient (Wildman–Crippen LogP) is 4.54. The van der Waals surface area contributed by atoms with E-state index in [-0.39, 0.29) is 38.8 Å². The number of nitrogens with zero attached hydrogens (tertiary/aromatic N) is 4. The van der Waals surface area contributed by atoms with Gasteiger partial charge in [0.25, 0.3) is 0 Å². The van der Waals surface area contributed by atoms with E-state index in [2.05, 4.69) is 25.3 Å². The number of fused-ring (bicyclic) bond motifs is 2. The fraction of sp³-hybridized carbons (Fsp3) is 0.300. The summed E-state index contributed by atoms with van der Waals surface area (Å²) in [6, 6.07) is 5.33. The van der Waals surface area contributed by atoms with Crippen molar-refractivity contribution in [1.82, 2.24) is 15.0 Å². The molecular formula is C20H15F5N6S. The number of hydrogen-bond donors (Lipinski definition) is 2. The topological polar surface area (TPSA) is 89.1 Å². The van der Waals surface area contributed by atoms with E-state index in [0.717, 1.165) is 0 Å². The minimum atomic E-state index is -4.63. The zero-order valence-corrected chi connectivity index (χ0v) is 17.0. The third-order valence-electron chi connectivity index (χ3n) is 5.58. The Labute approximate surface area is 182 Å². The highest BCUT2D eigenvalue weighted by Gasteiger charge is 2.58. The van der Waals surface area contributed by atoms with Gasteiger partial charge in [0.15, 0.2) is 16.7 Å². The molecule has 3 atom stereocenters. The number of benzene rings is 1. The number of pyridine rings is 1. The third kappa shape index (κ3) is 3.42. The van der Waals surface area contributed by atoms with E-state index < -0.39 is 29.9 Å². The molecule has 0 bridgehead atoms. The molecule has 1 aliphatic carbocycles. The largest absolute Gasteiger partial charge is 0.434 e. The van der Waals surface area contributed by atoms with Crippen molar-refractivity contribution in [1.29, 1.82) is 0 Å². The second-order valence-electron chi connectivity index (χ2n) is 7.61. The molecule has 0 unspecified atom stereocenters. The molecule has 0 saturated heterocycles. The fourth-order valence-electron chi connectivity index (χ4n) is 3.97. The molecule has 2 aliphatic rings. The van der Waals surface area contributed by atoms with E-state index in [1.54, 1.807) is 0 Å². The molecule has 2 aromatic heterocycles. The van der Waals surface area contributed by atoms with Crippen LogP contribution in [0.15, 0.2) is 41.7 Å². The number of halogens is 5. The number of aromatic nitrogens is 3. The van der Waals surface area contributed by atoms with Gasteiger partial charge in [-0.05, 0) is 30.7 Å². The highest BCUT2D eigenvalue weighted by molar-refractivity contribution is 8.14. The van der Waals surface area contributed by atoms with Gasteiger partial charge < -0.3 is 11.1 Å². The van der Waals surface area contributed by atoms with Gasteiger partial charge in [-0.15, -0.1) is 0 Å². The summed E-state index contributed by atoms with van der Waals surface area (Å²) in [5, 5.41) is 3.23. The molecule has 3 aromatic rings. The van der Waals surface area contributed by atoms with Crippen LogP contribution in [0, 0.1) is 11.7 Å². The first-order valence-electron chi connectivity index (χ1n) is 9.55. The SMILES string of the molecule is NC1=N[C@](CF)(c2cc(Nc3nccc4nc(C(F)(F)F)cnc34)ccc2F)[C@@H]2C[C@@H]2S1. The van der Waals surface area contributed by atoms with Crippen molar-refractivity contribution in [2.45, 2.75) is 23.4 Å². The number of anilines is 2. The van der Waals surface area contributed by atoms with Crippen LogP contribution in [0.3, 0.4) is 0 Å². The fourth-order valence-corrected chi connectivity index (χ4v) is 5.19. The molecule has 6 nitrogen and oxygen atoms in total. The van der Waals surface area contributed by atoms with Gasteiger partial charge in [-0.25, -0.2) is 28.7 Å². The van der Waals surface area contributed by atoms with Gasteiger partial charge in [-0.2, -0.15) is 13.2 Å².